The van der Waals surface area contributed by atoms with Crippen molar-refractivity contribution in [2.75, 3.05) is 33.1 Å². The van der Waals surface area contributed by atoms with Crippen LogP contribution >= 0.6 is 0 Å². The molecule has 0 aromatic heterocycles. The van der Waals surface area contributed by atoms with Crippen molar-refractivity contribution >= 4 is 22.6 Å². The van der Waals surface area contributed by atoms with Crippen LogP contribution in [0.15, 0.2) is 65.1 Å². The van der Waals surface area contributed by atoms with Gasteiger partial charge < -0.3 is 14.4 Å². The molecule has 0 radical (unpaired) electrons. The molecule has 0 unspecified atom stereocenters. The standard InChI is InChI=1S/C25H24N2O3/c1-26(2)17-9-11-20-22(13-16-7-5-6-8-19(16)25(28)29)21-12-10-18(27(3)4)15-24(21)30-23(20)14-17/h5-12,14-15H,13H2,1-4H3/p+1. The summed E-state index contributed by atoms with van der Waals surface area (Å²) < 4.78 is 8.35. The van der Waals surface area contributed by atoms with Gasteiger partial charge in [0.05, 0.1) is 11.6 Å². The predicted octanol–water partition coefficient (Wildman–Crippen LogP) is 3.92. The number of carboxylic acid groups (broad SMARTS) is 1. The Morgan fingerprint density at radius 2 is 1.80 bits per heavy atom. The molecule has 152 valence electrons. The molecule has 0 saturated heterocycles. The quantitative estimate of drug-likeness (QED) is 0.416. The van der Waals surface area contributed by atoms with Crippen LogP contribution in [-0.2, 0) is 6.42 Å². The minimum Gasteiger partial charge on any atom is -0.478 e. The highest BCUT2D eigenvalue weighted by atomic mass is 16.4. The Kier molecular flexibility index (Phi) is 5.04. The number of fused-ring (bicyclic) bond motifs is 2. The first kappa shape index (κ1) is 19.7. The second kappa shape index (κ2) is 7.67. The van der Waals surface area contributed by atoms with Crippen LogP contribution < -0.4 is 14.8 Å². The monoisotopic (exact) mass is 401 g/mol. The molecule has 30 heavy (non-hydrogen) atoms. The lowest BCUT2D eigenvalue weighted by molar-refractivity contribution is 0.0696. The summed E-state index contributed by atoms with van der Waals surface area (Å²) in [6, 6.07) is 19.5. The average molecular weight is 401 g/mol. The van der Waals surface area contributed by atoms with E-state index in [2.05, 4.69) is 24.3 Å². The summed E-state index contributed by atoms with van der Waals surface area (Å²) in [7, 11) is 7.99. The maximum Gasteiger partial charge on any atom is 0.335 e. The summed E-state index contributed by atoms with van der Waals surface area (Å²) in [5.74, 6) is -0.128. The Balaban J connectivity index is 2.03. The Labute approximate surface area is 175 Å². The van der Waals surface area contributed by atoms with E-state index in [1.54, 1.807) is 12.1 Å². The molecule has 2 aromatic carbocycles. The summed E-state index contributed by atoms with van der Waals surface area (Å²) in [4.78, 5) is 13.8. The highest BCUT2D eigenvalue weighted by molar-refractivity contribution is 5.92. The Bertz CT molecular complexity index is 1300. The molecule has 1 aliphatic heterocycles. The van der Waals surface area contributed by atoms with Gasteiger partial charge in [0.1, 0.15) is 25.4 Å². The zero-order valence-corrected chi connectivity index (χ0v) is 17.6. The van der Waals surface area contributed by atoms with Crippen LogP contribution in [0.1, 0.15) is 21.5 Å². The van der Waals surface area contributed by atoms with Gasteiger partial charge in [-0.05, 0) is 41.8 Å². The molecule has 5 heteroatoms. The SMILES string of the molecule is CN(C)c1ccc2c(Cc3ccccc3C(=O)O)c3ccc(=[N+](C)C)cc-3oc2c1. The second-order valence-electron chi connectivity index (χ2n) is 7.87. The summed E-state index contributed by atoms with van der Waals surface area (Å²) in [6.45, 7) is 0. The highest BCUT2D eigenvalue weighted by Crippen LogP contribution is 2.36. The Morgan fingerprint density at radius 1 is 1.03 bits per heavy atom. The van der Waals surface area contributed by atoms with Crippen LogP contribution in [0.4, 0.5) is 5.69 Å². The number of benzene rings is 3. The Hall–Kier alpha value is -3.60. The number of rotatable bonds is 4. The first-order valence-corrected chi connectivity index (χ1v) is 9.83. The molecule has 0 fully saturated rings. The largest absolute Gasteiger partial charge is 0.478 e. The van der Waals surface area contributed by atoms with Crippen LogP contribution in [0.25, 0.3) is 22.3 Å². The van der Waals surface area contributed by atoms with Gasteiger partial charge in [-0.2, -0.15) is 0 Å². The minimum absolute atomic E-state index is 0.328. The minimum atomic E-state index is -0.912. The van der Waals surface area contributed by atoms with Crippen molar-refractivity contribution in [2.45, 2.75) is 6.42 Å². The van der Waals surface area contributed by atoms with E-state index in [0.29, 0.717) is 12.0 Å². The highest BCUT2D eigenvalue weighted by Gasteiger charge is 2.19. The first-order chi connectivity index (χ1) is 14.3. The molecule has 5 nitrogen and oxygen atoms in total. The van der Waals surface area contributed by atoms with Gasteiger partial charge in [-0.1, -0.05) is 18.2 Å². The second-order valence-corrected chi connectivity index (χ2v) is 7.87. The van der Waals surface area contributed by atoms with Crippen LogP contribution in [0.5, 0.6) is 0 Å². The van der Waals surface area contributed by atoms with E-state index in [4.69, 9.17) is 4.42 Å². The van der Waals surface area contributed by atoms with Gasteiger partial charge >= 0.3 is 5.97 Å². The fraction of sp³-hybridized carbons (Fsp3) is 0.200. The summed E-state index contributed by atoms with van der Waals surface area (Å²) in [6.07, 6.45) is 0.508. The summed E-state index contributed by atoms with van der Waals surface area (Å²) >= 11 is 0. The molecule has 0 atom stereocenters. The normalized spacial score (nSPS) is 11.1. The number of hydrogen-bond acceptors (Lipinski definition) is 3. The van der Waals surface area contributed by atoms with E-state index in [1.165, 1.54) is 0 Å². The average Bonchev–Trinajstić information content (AvgIpc) is 2.72. The molecule has 2 aliphatic rings. The van der Waals surface area contributed by atoms with E-state index in [9.17, 15) is 9.90 Å². The molecule has 1 aliphatic carbocycles. The number of nitrogens with zero attached hydrogens (tertiary/aromatic N) is 2. The lowest BCUT2D eigenvalue weighted by Gasteiger charge is -2.18. The van der Waals surface area contributed by atoms with Crippen LogP contribution in [0.3, 0.4) is 0 Å². The zero-order chi connectivity index (χ0) is 21.4. The van der Waals surface area contributed by atoms with E-state index >= 15 is 0 Å². The molecule has 0 bridgehead atoms. The lowest BCUT2D eigenvalue weighted by Crippen LogP contribution is -2.21. The molecule has 1 N–H and O–H groups in total. The van der Waals surface area contributed by atoms with Crippen LogP contribution in [0.2, 0.25) is 0 Å². The molecule has 2 aromatic rings. The van der Waals surface area contributed by atoms with Gasteiger partial charge in [0.2, 0.25) is 5.36 Å². The van der Waals surface area contributed by atoms with Crippen molar-refractivity contribution in [1.82, 2.24) is 4.58 Å². The third kappa shape index (κ3) is 3.54. The molecule has 0 saturated carbocycles. The van der Waals surface area contributed by atoms with Crippen molar-refractivity contribution in [3.63, 3.8) is 0 Å². The van der Waals surface area contributed by atoms with Crippen molar-refractivity contribution in [3.05, 3.63) is 82.7 Å². The first-order valence-electron chi connectivity index (χ1n) is 9.83. The van der Waals surface area contributed by atoms with E-state index < -0.39 is 5.97 Å². The van der Waals surface area contributed by atoms with Crippen molar-refractivity contribution < 1.29 is 14.3 Å². The molecular formula is C25H25N2O3+. The number of anilines is 1. The number of carbonyl (C=O) groups is 1. The number of aromatic carboxylic acids is 1. The van der Waals surface area contributed by atoms with Crippen molar-refractivity contribution in [3.8, 4) is 11.3 Å². The Morgan fingerprint density at radius 3 is 2.50 bits per heavy atom. The van der Waals surface area contributed by atoms with Gasteiger partial charge in [-0.3, -0.25) is 0 Å². The number of carboxylic acids is 1. The molecule has 0 spiro atoms. The molecular weight excluding hydrogens is 376 g/mol. The smallest absolute Gasteiger partial charge is 0.335 e. The molecule has 4 rings (SSSR count). The molecule has 1 heterocycles. The fourth-order valence-electron chi connectivity index (χ4n) is 3.77. The van der Waals surface area contributed by atoms with Gasteiger partial charge in [0.15, 0.2) is 0 Å². The topological polar surface area (TPSA) is 56.7 Å². The van der Waals surface area contributed by atoms with E-state index in [-0.39, 0.29) is 0 Å². The van der Waals surface area contributed by atoms with Crippen molar-refractivity contribution in [2.24, 2.45) is 0 Å². The van der Waals surface area contributed by atoms with Gasteiger partial charge in [-0.15, -0.1) is 0 Å². The van der Waals surface area contributed by atoms with E-state index in [1.807, 2.05) is 61.9 Å². The predicted molar refractivity (Wildman–Crippen MR) is 120 cm³/mol. The lowest BCUT2D eigenvalue weighted by atomic mass is 9.92. The van der Waals surface area contributed by atoms with Crippen LogP contribution in [0, 0.1) is 0 Å². The van der Waals surface area contributed by atoms with E-state index in [0.717, 1.165) is 44.5 Å². The van der Waals surface area contributed by atoms with Gasteiger partial charge in [0.25, 0.3) is 0 Å². The maximum atomic E-state index is 11.7. The molecule has 0 amide bonds. The summed E-state index contributed by atoms with van der Waals surface area (Å²) in [5.41, 5.74) is 5.00. The fourth-order valence-corrected chi connectivity index (χ4v) is 3.77. The maximum absolute atomic E-state index is 11.7. The number of hydrogen-bond donors (Lipinski definition) is 1. The third-order valence-corrected chi connectivity index (χ3v) is 5.45. The third-order valence-electron chi connectivity index (χ3n) is 5.45. The van der Waals surface area contributed by atoms with Gasteiger partial charge in [0, 0.05) is 42.9 Å². The zero-order valence-electron chi connectivity index (χ0n) is 17.6. The van der Waals surface area contributed by atoms with Crippen molar-refractivity contribution in [1.29, 1.82) is 0 Å². The van der Waals surface area contributed by atoms with Gasteiger partial charge in [-0.25, -0.2) is 9.37 Å². The van der Waals surface area contributed by atoms with Crippen LogP contribution in [-0.4, -0.2) is 39.3 Å². The summed E-state index contributed by atoms with van der Waals surface area (Å²) in [5, 5.41) is 11.7.